The van der Waals surface area contributed by atoms with E-state index < -0.39 is 17.2 Å². The smallest absolute Gasteiger partial charge is 0.194 e. The minimum Gasteiger partial charge on any atom is -0.367 e. The maximum Gasteiger partial charge on any atom is 0.194 e. The summed E-state index contributed by atoms with van der Waals surface area (Å²) in [5.74, 6) is -2.23. The van der Waals surface area contributed by atoms with E-state index in [0.29, 0.717) is 13.0 Å². The maximum absolute atomic E-state index is 13.1. The molecular formula is C13H14F2O2. The van der Waals surface area contributed by atoms with E-state index in [9.17, 15) is 13.6 Å². The number of ether oxygens (including phenoxy) is 1. The Labute approximate surface area is 98.6 Å². The second-order valence-electron chi connectivity index (χ2n) is 4.49. The molecule has 0 N–H and O–H groups in total. The zero-order chi connectivity index (χ0) is 12.5. The second-order valence-corrected chi connectivity index (χ2v) is 4.49. The predicted octanol–water partition coefficient (Wildman–Crippen LogP) is 3.11. The number of halogens is 2. The fourth-order valence-corrected chi connectivity index (χ4v) is 2.06. The summed E-state index contributed by atoms with van der Waals surface area (Å²) in [5.41, 5.74) is -0.740. The van der Waals surface area contributed by atoms with E-state index in [1.807, 2.05) is 0 Å². The van der Waals surface area contributed by atoms with Crippen molar-refractivity contribution in [2.75, 3.05) is 6.61 Å². The molecule has 92 valence electrons. The summed E-state index contributed by atoms with van der Waals surface area (Å²) >= 11 is 0. The number of Topliss-reactive ketones (excluding diaryl/α,β-unsaturated/α-hetero) is 1. The maximum atomic E-state index is 13.1. The van der Waals surface area contributed by atoms with Crippen molar-refractivity contribution in [2.45, 2.75) is 31.8 Å². The van der Waals surface area contributed by atoms with Gasteiger partial charge in [0.1, 0.15) is 5.60 Å². The predicted molar refractivity (Wildman–Crippen MR) is 58.9 cm³/mol. The van der Waals surface area contributed by atoms with E-state index in [0.717, 1.165) is 25.0 Å². The molecule has 1 heterocycles. The summed E-state index contributed by atoms with van der Waals surface area (Å²) < 4.78 is 31.3. The summed E-state index contributed by atoms with van der Waals surface area (Å²) in [6.45, 7) is 2.24. The normalized spacial score (nSPS) is 24.6. The Morgan fingerprint density at radius 3 is 2.65 bits per heavy atom. The third kappa shape index (κ3) is 2.36. The number of rotatable bonds is 2. The van der Waals surface area contributed by atoms with E-state index in [2.05, 4.69) is 0 Å². The lowest BCUT2D eigenvalue weighted by Gasteiger charge is -2.32. The molecule has 0 radical (unpaired) electrons. The van der Waals surface area contributed by atoms with Crippen LogP contribution in [0.4, 0.5) is 8.78 Å². The van der Waals surface area contributed by atoms with E-state index in [-0.39, 0.29) is 11.3 Å². The van der Waals surface area contributed by atoms with Gasteiger partial charge >= 0.3 is 0 Å². The van der Waals surface area contributed by atoms with Crippen molar-refractivity contribution in [3.8, 4) is 0 Å². The molecule has 1 unspecified atom stereocenters. The molecule has 2 rings (SSSR count). The summed E-state index contributed by atoms with van der Waals surface area (Å²) in [6.07, 6.45) is 2.46. The van der Waals surface area contributed by atoms with Crippen LogP contribution in [-0.4, -0.2) is 18.0 Å². The summed E-state index contributed by atoms with van der Waals surface area (Å²) in [6, 6.07) is 3.19. The first kappa shape index (κ1) is 12.2. The second kappa shape index (κ2) is 4.53. The first-order valence-electron chi connectivity index (χ1n) is 5.67. The van der Waals surface area contributed by atoms with E-state index in [4.69, 9.17) is 4.74 Å². The Morgan fingerprint density at radius 1 is 1.29 bits per heavy atom. The molecule has 1 saturated heterocycles. The van der Waals surface area contributed by atoms with Gasteiger partial charge in [-0.1, -0.05) is 0 Å². The number of carbonyl (C=O) groups is 1. The third-order valence-corrected chi connectivity index (χ3v) is 3.13. The molecule has 1 aliphatic heterocycles. The van der Waals surface area contributed by atoms with Crippen molar-refractivity contribution in [3.63, 3.8) is 0 Å². The minimum absolute atomic E-state index is 0.160. The lowest BCUT2D eigenvalue weighted by molar-refractivity contribution is -0.0426. The molecule has 0 aliphatic carbocycles. The Bertz CT molecular complexity index is 437. The number of hydrogen-bond donors (Lipinski definition) is 0. The molecule has 2 nitrogen and oxygen atoms in total. The highest BCUT2D eigenvalue weighted by Crippen LogP contribution is 2.28. The van der Waals surface area contributed by atoms with E-state index >= 15 is 0 Å². The van der Waals surface area contributed by atoms with Gasteiger partial charge in [0.05, 0.1) is 0 Å². The largest absolute Gasteiger partial charge is 0.367 e. The van der Waals surface area contributed by atoms with Crippen LogP contribution < -0.4 is 0 Å². The Hall–Kier alpha value is -1.29. The molecule has 1 atom stereocenters. The number of hydrogen-bond acceptors (Lipinski definition) is 2. The molecule has 0 aromatic heterocycles. The highest BCUT2D eigenvalue weighted by molar-refractivity contribution is 6.02. The molecule has 17 heavy (non-hydrogen) atoms. The third-order valence-electron chi connectivity index (χ3n) is 3.13. The summed E-state index contributed by atoms with van der Waals surface area (Å²) in [5, 5.41) is 0. The van der Waals surface area contributed by atoms with Gasteiger partial charge in [-0.25, -0.2) is 8.78 Å². The van der Waals surface area contributed by atoms with Gasteiger partial charge in [-0.2, -0.15) is 0 Å². The fourth-order valence-electron chi connectivity index (χ4n) is 2.06. The Kier molecular flexibility index (Phi) is 3.24. The molecule has 1 fully saturated rings. The van der Waals surface area contributed by atoms with Crippen molar-refractivity contribution in [3.05, 3.63) is 35.4 Å². The van der Waals surface area contributed by atoms with Crippen LogP contribution in [0, 0.1) is 11.6 Å². The van der Waals surface area contributed by atoms with Crippen LogP contribution >= 0.6 is 0 Å². The van der Waals surface area contributed by atoms with Gasteiger partial charge in [0, 0.05) is 12.2 Å². The highest BCUT2D eigenvalue weighted by Gasteiger charge is 2.36. The first-order chi connectivity index (χ1) is 8.03. The van der Waals surface area contributed by atoms with E-state index in [1.54, 1.807) is 6.92 Å². The van der Waals surface area contributed by atoms with Crippen LogP contribution in [0.3, 0.4) is 0 Å². The lowest BCUT2D eigenvalue weighted by Crippen LogP contribution is -2.41. The molecule has 0 spiro atoms. The average molecular weight is 240 g/mol. The van der Waals surface area contributed by atoms with Crippen molar-refractivity contribution in [1.82, 2.24) is 0 Å². The van der Waals surface area contributed by atoms with Crippen LogP contribution in [0.15, 0.2) is 18.2 Å². The number of ketones is 1. The Morgan fingerprint density at radius 2 is 2.06 bits per heavy atom. The quantitative estimate of drug-likeness (QED) is 0.742. The van der Waals surface area contributed by atoms with Crippen LogP contribution in [0.25, 0.3) is 0 Å². The van der Waals surface area contributed by atoms with Crippen LogP contribution in [-0.2, 0) is 4.74 Å². The van der Waals surface area contributed by atoms with Crippen LogP contribution in [0.1, 0.15) is 36.5 Å². The van der Waals surface area contributed by atoms with Crippen molar-refractivity contribution in [1.29, 1.82) is 0 Å². The monoisotopic (exact) mass is 240 g/mol. The van der Waals surface area contributed by atoms with Gasteiger partial charge in [0.25, 0.3) is 0 Å². The standard InChI is InChI=1S/C13H14F2O2/c1-13(6-2-3-7-17-13)12(16)9-4-5-10(14)11(15)8-9/h4-5,8H,2-3,6-7H2,1H3. The van der Waals surface area contributed by atoms with Gasteiger partial charge in [0.2, 0.25) is 0 Å². The SMILES string of the molecule is CC1(C(=O)c2ccc(F)c(F)c2)CCCCO1. The molecule has 1 aromatic carbocycles. The topological polar surface area (TPSA) is 26.3 Å². The average Bonchev–Trinajstić information content (AvgIpc) is 2.33. The van der Waals surface area contributed by atoms with Crippen molar-refractivity contribution in [2.24, 2.45) is 0 Å². The lowest BCUT2D eigenvalue weighted by atomic mass is 9.88. The molecule has 0 amide bonds. The zero-order valence-corrected chi connectivity index (χ0v) is 9.63. The molecule has 0 saturated carbocycles. The first-order valence-corrected chi connectivity index (χ1v) is 5.67. The van der Waals surface area contributed by atoms with Crippen LogP contribution in [0.5, 0.6) is 0 Å². The van der Waals surface area contributed by atoms with Gasteiger partial charge in [-0.15, -0.1) is 0 Å². The highest BCUT2D eigenvalue weighted by atomic mass is 19.2. The summed E-state index contributed by atoms with van der Waals surface area (Å²) in [7, 11) is 0. The van der Waals surface area contributed by atoms with Gasteiger partial charge in [-0.3, -0.25) is 4.79 Å². The fraction of sp³-hybridized carbons (Fsp3) is 0.462. The molecule has 0 bridgehead atoms. The number of carbonyl (C=O) groups excluding carboxylic acids is 1. The zero-order valence-electron chi connectivity index (χ0n) is 9.63. The van der Waals surface area contributed by atoms with Crippen molar-refractivity contribution >= 4 is 5.78 Å². The van der Waals surface area contributed by atoms with Crippen molar-refractivity contribution < 1.29 is 18.3 Å². The minimum atomic E-state index is -1.00. The Balaban J connectivity index is 2.26. The van der Waals surface area contributed by atoms with E-state index in [1.165, 1.54) is 6.07 Å². The van der Waals surface area contributed by atoms with Gasteiger partial charge < -0.3 is 4.74 Å². The summed E-state index contributed by atoms with van der Waals surface area (Å²) in [4.78, 5) is 12.2. The van der Waals surface area contributed by atoms with Crippen LogP contribution in [0.2, 0.25) is 0 Å². The van der Waals surface area contributed by atoms with Gasteiger partial charge in [0.15, 0.2) is 17.4 Å². The molecular weight excluding hydrogens is 226 g/mol. The molecule has 4 heteroatoms. The number of benzene rings is 1. The molecule has 1 aromatic rings. The molecule has 1 aliphatic rings. The van der Waals surface area contributed by atoms with Gasteiger partial charge in [-0.05, 0) is 44.4 Å².